The van der Waals surface area contributed by atoms with Crippen molar-refractivity contribution >= 4 is 5.78 Å². The number of rotatable bonds is 6. The van der Waals surface area contributed by atoms with E-state index in [-0.39, 0.29) is 17.9 Å². The van der Waals surface area contributed by atoms with Gasteiger partial charge in [-0.3, -0.25) is 14.3 Å². The molecule has 0 atom stereocenters. The zero-order chi connectivity index (χ0) is 24.0. The minimum atomic E-state index is -0.124. The molecule has 0 aliphatic heterocycles. The van der Waals surface area contributed by atoms with Gasteiger partial charge in [-0.25, -0.2) is 4.68 Å². The van der Waals surface area contributed by atoms with E-state index >= 15 is 0 Å². The summed E-state index contributed by atoms with van der Waals surface area (Å²) in [5.74, 6) is 0.629. The Hall–Kier alpha value is -3.80. The highest BCUT2D eigenvalue weighted by Crippen LogP contribution is 2.27. The van der Waals surface area contributed by atoms with Crippen LogP contribution in [0.1, 0.15) is 45.0 Å². The van der Waals surface area contributed by atoms with Crippen LogP contribution in [0.3, 0.4) is 0 Å². The number of hydrogen-bond acceptors (Lipinski definition) is 3. The molecule has 0 bridgehead atoms. The summed E-state index contributed by atoms with van der Waals surface area (Å²) < 4.78 is 11.3. The number of aromatic nitrogens is 3. The van der Waals surface area contributed by atoms with E-state index in [9.17, 15) is 9.59 Å². The lowest BCUT2D eigenvalue weighted by Gasteiger charge is -2.09. The van der Waals surface area contributed by atoms with Gasteiger partial charge in [-0.1, -0.05) is 24.3 Å². The largest absolute Gasteiger partial charge is 0.485 e. The third kappa shape index (κ3) is 3.59. The van der Waals surface area contributed by atoms with E-state index in [0.717, 1.165) is 41.4 Å². The van der Waals surface area contributed by atoms with Crippen LogP contribution in [-0.2, 0) is 19.9 Å². The van der Waals surface area contributed by atoms with Gasteiger partial charge in [-0.15, -0.1) is 0 Å². The molecular weight excluding hydrogens is 426 g/mol. The van der Waals surface area contributed by atoms with Gasteiger partial charge in [0.05, 0.1) is 11.4 Å². The summed E-state index contributed by atoms with van der Waals surface area (Å²) in [5, 5.41) is 0. The second-order valence-corrected chi connectivity index (χ2v) is 9.03. The number of ketones is 1. The van der Waals surface area contributed by atoms with Crippen molar-refractivity contribution in [3.63, 3.8) is 0 Å². The third-order valence-corrected chi connectivity index (χ3v) is 6.92. The van der Waals surface area contributed by atoms with Gasteiger partial charge in [0.2, 0.25) is 5.78 Å². The normalized spacial score (nSPS) is 12.7. The fraction of sp³-hybridized carbons (Fsp3) is 0.286. The van der Waals surface area contributed by atoms with Gasteiger partial charge in [0.1, 0.15) is 11.4 Å². The Labute approximate surface area is 199 Å². The minimum absolute atomic E-state index is 0.0366. The van der Waals surface area contributed by atoms with Crippen molar-refractivity contribution < 1.29 is 9.53 Å². The molecule has 0 N–H and O–H groups in total. The first kappa shape index (κ1) is 22.0. The SMILES string of the molecule is Cc1cc(C(=O)COc2ccc3c(c2)CCC3)c(C)n1-c1c(C)n(C)n(-c2ccccc2)c1=O. The number of para-hydroxylation sites is 1. The van der Waals surface area contributed by atoms with Crippen molar-refractivity contribution in [1.82, 2.24) is 13.9 Å². The first-order chi connectivity index (χ1) is 16.4. The highest BCUT2D eigenvalue weighted by atomic mass is 16.5. The Morgan fingerprint density at radius 2 is 1.68 bits per heavy atom. The van der Waals surface area contributed by atoms with Gasteiger partial charge in [-0.05, 0) is 81.5 Å². The zero-order valence-electron chi connectivity index (χ0n) is 20.1. The van der Waals surface area contributed by atoms with Crippen molar-refractivity contribution in [2.24, 2.45) is 7.05 Å². The van der Waals surface area contributed by atoms with Crippen LogP contribution in [0, 0.1) is 20.8 Å². The van der Waals surface area contributed by atoms with Crippen molar-refractivity contribution in [2.75, 3.05) is 6.61 Å². The zero-order valence-corrected chi connectivity index (χ0v) is 20.1. The summed E-state index contributed by atoms with van der Waals surface area (Å²) in [6, 6.07) is 17.5. The molecule has 1 aliphatic rings. The van der Waals surface area contributed by atoms with E-state index in [2.05, 4.69) is 12.1 Å². The van der Waals surface area contributed by atoms with Crippen molar-refractivity contribution in [1.29, 1.82) is 0 Å². The smallest absolute Gasteiger partial charge is 0.295 e. The maximum Gasteiger partial charge on any atom is 0.295 e. The van der Waals surface area contributed by atoms with E-state index in [1.807, 2.05) is 79.5 Å². The van der Waals surface area contributed by atoms with Crippen LogP contribution < -0.4 is 10.3 Å². The van der Waals surface area contributed by atoms with Crippen LogP contribution in [0.15, 0.2) is 59.4 Å². The molecule has 0 spiro atoms. The lowest BCUT2D eigenvalue weighted by Crippen LogP contribution is -2.22. The monoisotopic (exact) mass is 455 g/mol. The molecule has 34 heavy (non-hydrogen) atoms. The van der Waals surface area contributed by atoms with Crippen molar-refractivity contribution in [3.05, 3.63) is 98.7 Å². The Bertz CT molecular complexity index is 1450. The number of ether oxygens (including phenoxy) is 1. The van der Waals surface area contributed by atoms with Gasteiger partial charge >= 0.3 is 0 Å². The minimum Gasteiger partial charge on any atom is -0.485 e. The van der Waals surface area contributed by atoms with Crippen LogP contribution in [0.5, 0.6) is 5.75 Å². The summed E-state index contributed by atoms with van der Waals surface area (Å²) in [6.45, 7) is 5.69. The molecular formula is C28H29N3O3. The molecule has 6 nitrogen and oxygen atoms in total. The molecule has 1 aliphatic carbocycles. The van der Waals surface area contributed by atoms with Crippen LogP contribution in [0.4, 0.5) is 0 Å². The standard InChI is InChI=1S/C28H29N3O3/c1-18-15-25(26(32)17-34-24-14-13-21-9-8-10-22(21)16-24)19(2)30(18)27-20(3)29(4)31(28(27)33)23-11-6-5-7-12-23/h5-7,11-16H,8-10,17H2,1-4H3. The maximum absolute atomic E-state index is 13.5. The van der Waals surface area contributed by atoms with Crippen LogP contribution in [0.25, 0.3) is 11.4 Å². The van der Waals surface area contributed by atoms with Crippen LogP contribution in [0.2, 0.25) is 0 Å². The van der Waals surface area contributed by atoms with E-state index in [4.69, 9.17) is 4.74 Å². The summed E-state index contributed by atoms with van der Waals surface area (Å²) in [4.78, 5) is 26.6. The average molecular weight is 456 g/mol. The number of fused-ring (bicyclic) bond motifs is 1. The number of carbonyl (C=O) groups is 1. The number of Topliss-reactive ketones (excluding diaryl/α,β-unsaturated/α-hetero) is 1. The third-order valence-electron chi connectivity index (χ3n) is 6.92. The van der Waals surface area contributed by atoms with Crippen LogP contribution >= 0.6 is 0 Å². The molecule has 0 saturated carbocycles. The van der Waals surface area contributed by atoms with Gasteiger partial charge in [0.25, 0.3) is 5.56 Å². The maximum atomic E-state index is 13.5. The predicted molar refractivity (Wildman–Crippen MR) is 133 cm³/mol. The second-order valence-electron chi connectivity index (χ2n) is 9.03. The molecule has 2 heterocycles. The molecule has 6 heteroatoms. The Kier molecular flexibility index (Phi) is 5.52. The average Bonchev–Trinajstić information content (AvgIpc) is 3.48. The molecule has 0 fully saturated rings. The quantitative estimate of drug-likeness (QED) is 0.398. The Morgan fingerprint density at radius 1 is 0.941 bits per heavy atom. The van der Waals surface area contributed by atoms with Gasteiger partial charge < -0.3 is 9.30 Å². The molecule has 0 radical (unpaired) electrons. The fourth-order valence-corrected chi connectivity index (χ4v) is 5.07. The highest BCUT2D eigenvalue weighted by Gasteiger charge is 2.24. The summed E-state index contributed by atoms with van der Waals surface area (Å²) >= 11 is 0. The molecule has 4 aromatic rings. The van der Waals surface area contributed by atoms with Crippen LogP contribution in [-0.4, -0.2) is 26.3 Å². The first-order valence-electron chi connectivity index (χ1n) is 11.7. The lowest BCUT2D eigenvalue weighted by molar-refractivity contribution is 0.0921. The van der Waals surface area contributed by atoms with E-state index in [1.165, 1.54) is 17.5 Å². The molecule has 0 saturated heterocycles. The Balaban J connectivity index is 1.46. The first-order valence-corrected chi connectivity index (χ1v) is 11.7. The molecule has 0 amide bonds. The van der Waals surface area contributed by atoms with E-state index in [1.54, 1.807) is 4.68 Å². The number of aryl methyl sites for hydroxylation is 3. The van der Waals surface area contributed by atoms with Gasteiger partial charge in [0.15, 0.2) is 6.61 Å². The van der Waals surface area contributed by atoms with Gasteiger partial charge in [0, 0.05) is 24.0 Å². The lowest BCUT2D eigenvalue weighted by atomic mass is 10.1. The predicted octanol–water partition coefficient (Wildman–Crippen LogP) is 4.64. The highest BCUT2D eigenvalue weighted by molar-refractivity contribution is 5.98. The second kappa shape index (κ2) is 8.52. The topological polar surface area (TPSA) is 58.2 Å². The summed E-state index contributed by atoms with van der Waals surface area (Å²) in [5.41, 5.74) is 6.90. The fourth-order valence-electron chi connectivity index (χ4n) is 5.07. The molecule has 0 unspecified atom stereocenters. The van der Waals surface area contributed by atoms with Crippen molar-refractivity contribution in [3.8, 4) is 17.1 Å². The van der Waals surface area contributed by atoms with E-state index in [0.29, 0.717) is 11.3 Å². The molecule has 174 valence electrons. The van der Waals surface area contributed by atoms with Gasteiger partial charge in [-0.2, -0.15) is 0 Å². The number of benzene rings is 2. The number of carbonyl (C=O) groups excluding carboxylic acids is 1. The Morgan fingerprint density at radius 3 is 2.44 bits per heavy atom. The number of hydrogen-bond donors (Lipinski definition) is 0. The summed E-state index contributed by atoms with van der Waals surface area (Å²) in [7, 11) is 1.87. The molecule has 5 rings (SSSR count). The molecule has 2 aromatic carbocycles. The molecule has 2 aromatic heterocycles. The summed E-state index contributed by atoms with van der Waals surface area (Å²) in [6.07, 6.45) is 3.36. The number of nitrogens with zero attached hydrogens (tertiary/aromatic N) is 3. The van der Waals surface area contributed by atoms with E-state index < -0.39 is 0 Å². The van der Waals surface area contributed by atoms with Crippen molar-refractivity contribution in [2.45, 2.75) is 40.0 Å².